The van der Waals surface area contributed by atoms with Gasteiger partial charge in [-0.3, -0.25) is 4.79 Å². The Kier molecular flexibility index (Phi) is 4.68. The summed E-state index contributed by atoms with van der Waals surface area (Å²) in [7, 11) is 1.92. The number of likely N-dealkylation sites (tertiary alicyclic amines) is 1. The second kappa shape index (κ2) is 6.48. The predicted octanol–water partition coefficient (Wildman–Crippen LogP) is 2.05. The van der Waals surface area contributed by atoms with Crippen LogP contribution in [0.1, 0.15) is 18.4 Å². The molecule has 3 nitrogen and oxygen atoms in total. The van der Waals surface area contributed by atoms with Gasteiger partial charge in [0, 0.05) is 25.2 Å². The molecule has 0 saturated carbocycles. The Morgan fingerprint density at radius 3 is 2.84 bits per heavy atom. The summed E-state index contributed by atoms with van der Waals surface area (Å²) in [5.41, 5.74) is 0.830. The van der Waals surface area contributed by atoms with Gasteiger partial charge < -0.3 is 10.2 Å². The van der Waals surface area contributed by atoms with Gasteiger partial charge in [0.2, 0.25) is 5.91 Å². The summed E-state index contributed by atoms with van der Waals surface area (Å²) in [5, 5.41) is 3.21. The third-order valence-corrected chi connectivity index (χ3v) is 3.43. The number of likely N-dealkylation sites (N-methyl/N-ethyl adjacent to an activating group) is 1. The average molecular weight is 262 g/mol. The van der Waals surface area contributed by atoms with E-state index in [2.05, 4.69) is 5.32 Å². The molecule has 2 rings (SSSR count). The number of hydrogen-bond acceptors (Lipinski definition) is 2. The molecule has 1 N–H and O–H groups in total. The molecule has 1 aromatic rings. The molecule has 0 spiro atoms. The predicted molar refractivity (Wildman–Crippen MR) is 74.1 cm³/mol. The number of nitrogens with zero attached hydrogens (tertiary/aromatic N) is 1. The topological polar surface area (TPSA) is 32.3 Å². The van der Waals surface area contributed by atoms with Crippen LogP contribution in [0.15, 0.2) is 30.3 Å². The SMILES string of the molecule is CN[C@H]1CCCN(C(=O)/C=C/c2ccc(F)cc2)C1. The Balaban J connectivity index is 1.94. The van der Waals surface area contributed by atoms with Gasteiger partial charge in [-0.25, -0.2) is 4.39 Å². The normalized spacial score (nSPS) is 19.9. The van der Waals surface area contributed by atoms with Crippen LogP contribution in [0, 0.1) is 5.82 Å². The highest BCUT2D eigenvalue weighted by Gasteiger charge is 2.20. The highest BCUT2D eigenvalue weighted by molar-refractivity contribution is 5.91. The molecule has 1 saturated heterocycles. The minimum atomic E-state index is -0.267. The standard InChI is InChI=1S/C15H19FN2O/c1-17-14-3-2-10-18(11-14)15(19)9-6-12-4-7-13(16)8-5-12/h4-9,14,17H,2-3,10-11H2,1H3/b9-6+/t14-/m0/s1. The van der Waals surface area contributed by atoms with Crippen LogP contribution in [0.4, 0.5) is 4.39 Å². The smallest absolute Gasteiger partial charge is 0.246 e. The molecule has 1 heterocycles. The monoisotopic (exact) mass is 262 g/mol. The zero-order valence-corrected chi connectivity index (χ0v) is 11.1. The van der Waals surface area contributed by atoms with E-state index >= 15 is 0 Å². The molecule has 1 aliphatic rings. The summed E-state index contributed by atoms with van der Waals surface area (Å²) >= 11 is 0. The van der Waals surface area contributed by atoms with Crippen molar-refractivity contribution in [2.24, 2.45) is 0 Å². The molecule has 1 aliphatic heterocycles. The molecule has 1 amide bonds. The minimum Gasteiger partial charge on any atom is -0.338 e. The maximum absolute atomic E-state index is 12.8. The number of piperidine rings is 1. The molecule has 1 atom stereocenters. The van der Waals surface area contributed by atoms with Crippen molar-refractivity contribution in [3.05, 3.63) is 41.7 Å². The van der Waals surface area contributed by atoms with Gasteiger partial charge in [0.15, 0.2) is 0 Å². The number of carbonyl (C=O) groups is 1. The largest absolute Gasteiger partial charge is 0.338 e. The third-order valence-electron chi connectivity index (χ3n) is 3.43. The van der Waals surface area contributed by atoms with Crippen molar-refractivity contribution >= 4 is 12.0 Å². The van der Waals surface area contributed by atoms with Gasteiger partial charge >= 0.3 is 0 Å². The van der Waals surface area contributed by atoms with Gasteiger partial charge in [-0.1, -0.05) is 12.1 Å². The molecular formula is C15H19FN2O. The van der Waals surface area contributed by atoms with Crippen LogP contribution in [0.3, 0.4) is 0 Å². The van der Waals surface area contributed by atoms with Gasteiger partial charge in [-0.15, -0.1) is 0 Å². The molecule has 0 bridgehead atoms. The first kappa shape index (κ1) is 13.7. The first-order valence-corrected chi connectivity index (χ1v) is 6.59. The number of amides is 1. The lowest BCUT2D eigenvalue weighted by Gasteiger charge is -2.31. The fraction of sp³-hybridized carbons (Fsp3) is 0.400. The maximum Gasteiger partial charge on any atom is 0.246 e. The molecule has 4 heteroatoms. The van der Waals surface area contributed by atoms with Crippen molar-refractivity contribution in [3.8, 4) is 0 Å². The Labute approximate surface area is 113 Å². The van der Waals surface area contributed by atoms with E-state index in [0.717, 1.165) is 31.5 Å². The van der Waals surface area contributed by atoms with E-state index in [-0.39, 0.29) is 11.7 Å². The number of halogens is 1. The van der Waals surface area contributed by atoms with Crippen LogP contribution in [0.2, 0.25) is 0 Å². The average Bonchev–Trinajstić information content (AvgIpc) is 2.46. The number of rotatable bonds is 3. The Morgan fingerprint density at radius 2 is 2.16 bits per heavy atom. The van der Waals surface area contributed by atoms with Crippen molar-refractivity contribution in [3.63, 3.8) is 0 Å². The van der Waals surface area contributed by atoms with Gasteiger partial charge in [0.05, 0.1) is 0 Å². The van der Waals surface area contributed by atoms with Crippen LogP contribution >= 0.6 is 0 Å². The lowest BCUT2D eigenvalue weighted by atomic mass is 10.1. The van der Waals surface area contributed by atoms with Crippen molar-refractivity contribution in [2.45, 2.75) is 18.9 Å². The first-order valence-electron chi connectivity index (χ1n) is 6.59. The molecule has 0 aromatic heterocycles. The summed E-state index contributed by atoms with van der Waals surface area (Å²) in [6.45, 7) is 1.56. The van der Waals surface area contributed by atoms with Crippen LogP contribution in [0.5, 0.6) is 0 Å². The Morgan fingerprint density at radius 1 is 1.42 bits per heavy atom. The zero-order chi connectivity index (χ0) is 13.7. The number of carbonyl (C=O) groups excluding carboxylic acids is 1. The van der Waals surface area contributed by atoms with Crippen LogP contribution < -0.4 is 5.32 Å². The number of nitrogens with one attached hydrogen (secondary N) is 1. The van der Waals surface area contributed by atoms with E-state index in [9.17, 15) is 9.18 Å². The van der Waals surface area contributed by atoms with Gasteiger partial charge in [-0.2, -0.15) is 0 Å². The summed E-state index contributed by atoms with van der Waals surface area (Å²) in [6.07, 6.45) is 5.43. The van der Waals surface area contributed by atoms with E-state index in [1.54, 1.807) is 24.3 Å². The highest BCUT2D eigenvalue weighted by atomic mass is 19.1. The fourth-order valence-corrected chi connectivity index (χ4v) is 2.26. The molecule has 102 valence electrons. The molecule has 19 heavy (non-hydrogen) atoms. The molecular weight excluding hydrogens is 243 g/mol. The van der Waals surface area contributed by atoms with Gasteiger partial charge in [-0.05, 0) is 43.7 Å². The van der Waals surface area contributed by atoms with Gasteiger partial charge in [0.1, 0.15) is 5.82 Å². The fourth-order valence-electron chi connectivity index (χ4n) is 2.26. The van der Waals surface area contributed by atoms with E-state index < -0.39 is 0 Å². The van der Waals surface area contributed by atoms with E-state index in [1.807, 2.05) is 11.9 Å². The molecule has 0 unspecified atom stereocenters. The summed E-state index contributed by atoms with van der Waals surface area (Å²) in [6, 6.07) is 6.48. The highest BCUT2D eigenvalue weighted by Crippen LogP contribution is 2.11. The summed E-state index contributed by atoms with van der Waals surface area (Å²) in [4.78, 5) is 13.9. The third kappa shape index (κ3) is 3.89. The molecule has 1 fully saturated rings. The maximum atomic E-state index is 12.8. The first-order chi connectivity index (χ1) is 9.19. The summed E-state index contributed by atoms with van der Waals surface area (Å²) in [5.74, 6) is -0.249. The van der Waals surface area contributed by atoms with Crippen molar-refractivity contribution in [2.75, 3.05) is 20.1 Å². The van der Waals surface area contributed by atoms with Crippen LogP contribution in [-0.4, -0.2) is 37.0 Å². The lowest BCUT2D eigenvalue weighted by molar-refractivity contribution is -0.127. The second-order valence-corrected chi connectivity index (χ2v) is 4.80. The minimum absolute atomic E-state index is 0.0178. The van der Waals surface area contributed by atoms with Crippen LogP contribution in [-0.2, 0) is 4.79 Å². The molecule has 0 radical (unpaired) electrons. The van der Waals surface area contributed by atoms with Crippen molar-refractivity contribution < 1.29 is 9.18 Å². The number of hydrogen-bond donors (Lipinski definition) is 1. The van der Waals surface area contributed by atoms with E-state index in [0.29, 0.717) is 6.04 Å². The number of benzene rings is 1. The second-order valence-electron chi connectivity index (χ2n) is 4.80. The summed E-state index contributed by atoms with van der Waals surface area (Å²) < 4.78 is 12.8. The Hall–Kier alpha value is -1.68. The van der Waals surface area contributed by atoms with E-state index in [4.69, 9.17) is 0 Å². The molecule has 1 aromatic carbocycles. The quantitative estimate of drug-likeness (QED) is 0.846. The zero-order valence-electron chi connectivity index (χ0n) is 11.1. The van der Waals surface area contributed by atoms with Crippen molar-refractivity contribution in [1.29, 1.82) is 0 Å². The van der Waals surface area contributed by atoms with Crippen LogP contribution in [0.25, 0.3) is 6.08 Å². The van der Waals surface area contributed by atoms with Crippen molar-refractivity contribution in [1.82, 2.24) is 10.2 Å². The van der Waals surface area contributed by atoms with Gasteiger partial charge in [0.25, 0.3) is 0 Å². The Bertz CT molecular complexity index is 456. The lowest BCUT2D eigenvalue weighted by Crippen LogP contribution is -2.46. The van der Waals surface area contributed by atoms with E-state index in [1.165, 1.54) is 12.1 Å². The molecule has 0 aliphatic carbocycles.